The number of rotatable bonds is 5. The van der Waals surface area contributed by atoms with Gasteiger partial charge in [0.1, 0.15) is 16.4 Å². The van der Waals surface area contributed by atoms with Gasteiger partial charge in [-0.3, -0.25) is 9.59 Å². The predicted molar refractivity (Wildman–Crippen MR) is 123 cm³/mol. The van der Waals surface area contributed by atoms with Gasteiger partial charge in [-0.15, -0.1) is 0 Å². The molecular weight excluding hydrogens is 435 g/mol. The van der Waals surface area contributed by atoms with E-state index in [9.17, 15) is 14.0 Å². The van der Waals surface area contributed by atoms with Gasteiger partial charge in [0.25, 0.3) is 11.8 Å². The lowest BCUT2D eigenvalue weighted by atomic mass is 10.1. The molecular formula is C24H18ClFN2O2S. The molecule has 0 saturated heterocycles. The third-order valence-electron chi connectivity index (χ3n) is 4.65. The summed E-state index contributed by atoms with van der Waals surface area (Å²) in [5.41, 5.74) is 3.26. The van der Waals surface area contributed by atoms with Crippen molar-refractivity contribution in [3.05, 3.63) is 99.3 Å². The van der Waals surface area contributed by atoms with Crippen molar-refractivity contribution in [1.82, 2.24) is 0 Å². The Morgan fingerprint density at radius 1 is 0.871 bits per heavy atom. The van der Waals surface area contributed by atoms with Gasteiger partial charge in [0.05, 0.1) is 5.69 Å². The third kappa shape index (κ3) is 4.50. The first-order valence-corrected chi connectivity index (χ1v) is 10.7. The van der Waals surface area contributed by atoms with Crippen molar-refractivity contribution in [2.24, 2.45) is 0 Å². The number of benzene rings is 3. The number of carbonyl (C=O) groups is 2. The summed E-state index contributed by atoms with van der Waals surface area (Å²) in [5, 5.41) is 3.72. The van der Waals surface area contributed by atoms with Gasteiger partial charge in [0.15, 0.2) is 0 Å². The Morgan fingerprint density at radius 2 is 1.48 bits per heavy atom. The fraction of sp³-hybridized carbons (Fsp3) is 0.0833. The van der Waals surface area contributed by atoms with Crippen molar-refractivity contribution in [2.75, 3.05) is 10.2 Å². The number of imide groups is 1. The summed E-state index contributed by atoms with van der Waals surface area (Å²) in [6.07, 6.45) is 0. The number of amides is 2. The van der Waals surface area contributed by atoms with Crippen molar-refractivity contribution in [3.8, 4) is 0 Å². The molecule has 3 aromatic carbocycles. The van der Waals surface area contributed by atoms with E-state index in [1.54, 1.807) is 24.3 Å². The molecule has 1 aliphatic heterocycles. The van der Waals surface area contributed by atoms with Crippen molar-refractivity contribution in [2.45, 2.75) is 18.7 Å². The minimum atomic E-state index is -0.493. The fourth-order valence-electron chi connectivity index (χ4n) is 3.35. The molecule has 4 nitrogen and oxygen atoms in total. The quantitative estimate of drug-likeness (QED) is 0.476. The van der Waals surface area contributed by atoms with Crippen molar-refractivity contribution >= 4 is 46.6 Å². The summed E-state index contributed by atoms with van der Waals surface area (Å²) in [4.78, 5) is 28.6. The zero-order valence-electron chi connectivity index (χ0n) is 16.8. The Bertz CT molecular complexity index is 1190. The molecule has 0 bridgehead atoms. The lowest BCUT2D eigenvalue weighted by molar-refractivity contribution is -0.120. The molecule has 0 unspecified atom stereocenters. The molecule has 0 fully saturated rings. The Hall–Kier alpha value is -3.09. The minimum absolute atomic E-state index is 0.180. The summed E-state index contributed by atoms with van der Waals surface area (Å²) < 4.78 is 13.4. The van der Waals surface area contributed by atoms with Crippen LogP contribution < -0.4 is 10.2 Å². The SMILES string of the molecule is Cc1cc(C)cc(NC2=C(Sc3ccc(Cl)cc3)C(=O)N(c3ccc(F)cc3)C2=O)c1. The molecule has 0 spiro atoms. The van der Waals surface area contributed by atoms with Crippen LogP contribution in [0.4, 0.5) is 15.8 Å². The third-order valence-corrected chi connectivity index (χ3v) is 5.99. The van der Waals surface area contributed by atoms with Gasteiger partial charge < -0.3 is 5.32 Å². The number of thioether (sulfide) groups is 1. The predicted octanol–water partition coefficient (Wildman–Crippen LogP) is 6.09. The van der Waals surface area contributed by atoms with E-state index in [-0.39, 0.29) is 10.6 Å². The van der Waals surface area contributed by atoms with E-state index in [0.717, 1.165) is 20.9 Å². The van der Waals surface area contributed by atoms with Gasteiger partial charge in [-0.25, -0.2) is 9.29 Å². The highest BCUT2D eigenvalue weighted by Crippen LogP contribution is 2.38. The number of aryl methyl sites for hydroxylation is 2. The first kappa shape index (κ1) is 21.2. The minimum Gasteiger partial charge on any atom is -0.350 e. The summed E-state index contributed by atoms with van der Waals surface area (Å²) in [6.45, 7) is 3.92. The topological polar surface area (TPSA) is 49.4 Å². The second-order valence-corrected chi connectivity index (χ2v) is 8.70. The van der Waals surface area contributed by atoms with Crippen LogP contribution in [0.15, 0.2) is 82.2 Å². The lowest BCUT2D eigenvalue weighted by Crippen LogP contribution is -2.32. The maximum Gasteiger partial charge on any atom is 0.283 e. The van der Waals surface area contributed by atoms with E-state index >= 15 is 0 Å². The number of hydrogen-bond donors (Lipinski definition) is 1. The van der Waals surface area contributed by atoms with Gasteiger partial charge in [-0.05, 0) is 85.6 Å². The molecule has 0 aromatic heterocycles. The van der Waals surface area contributed by atoms with Crippen LogP contribution in [-0.2, 0) is 9.59 Å². The Morgan fingerprint density at radius 3 is 2.10 bits per heavy atom. The van der Waals surface area contributed by atoms with Crippen LogP contribution in [0, 0.1) is 19.7 Å². The van der Waals surface area contributed by atoms with Crippen molar-refractivity contribution in [1.29, 1.82) is 0 Å². The lowest BCUT2D eigenvalue weighted by Gasteiger charge is -2.15. The highest BCUT2D eigenvalue weighted by atomic mass is 35.5. The number of halogens is 2. The van der Waals surface area contributed by atoms with E-state index in [1.807, 2.05) is 32.0 Å². The zero-order valence-corrected chi connectivity index (χ0v) is 18.4. The van der Waals surface area contributed by atoms with Crippen LogP contribution in [0.1, 0.15) is 11.1 Å². The molecule has 0 radical (unpaired) electrons. The van der Waals surface area contributed by atoms with E-state index in [0.29, 0.717) is 16.4 Å². The fourth-order valence-corrected chi connectivity index (χ4v) is 4.40. The van der Waals surface area contributed by atoms with Gasteiger partial charge in [0, 0.05) is 15.6 Å². The second kappa shape index (κ2) is 8.57. The molecule has 3 aromatic rings. The molecule has 1 N–H and O–H groups in total. The highest BCUT2D eigenvalue weighted by Gasteiger charge is 2.40. The normalized spacial score (nSPS) is 13.9. The molecule has 0 saturated carbocycles. The average molecular weight is 453 g/mol. The standard InChI is InChI=1S/C24H18ClFN2O2S/c1-14-11-15(2)13-18(12-14)27-21-22(31-20-9-3-16(25)4-10-20)24(30)28(23(21)29)19-7-5-17(26)6-8-19/h3-13,27H,1-2H3. The Balaban J connectivity index is 1.75. The van der Waals surface area contributed by atoms with Crippen LogP contribution in [0.5, 0.6) is 0 Å². The maximum absolute atomic E-state index is 13.4. The molecule has 4 rings (SSSR count). The van der Waals surface area contributed by atoms with Gasteiger partial charge >= 0.3 is 0 Å². The van der Waals surface area contributed by atoms with Crippen LogP contribution in [0.2, 0.25) is 5.02 Å². The van der Waals surface area contributed by atoms with E-state index in [2.05, 4.69) is 5.32 Å². The smallest absolute Gasteiger partial charge is 0.283 e. The van der Waals surface area contributed by atoms with E-state index < -0.39 is 17.6 Å². The Labute approximate surface area is 188 Å². The summed E-state index contributed by atoms with van der Waals surface area (Å²) in [7, 11) is 0. The maximum atomic E-state index is 13.4. The van der Waals surface area contributed by atoms with Gasteiger partial charge in [-0.1, -0.05) is 29.4 Å². The van der Waals surface area contributed by atoms with E-state index in [1.165, 1.54) is 36.0 Å². The number of hydrogen-bond acceptors (Lipinski definition) is 4. The van der Waals surface area contributed by atoms with Crippen molar-refractivity contribution < 1.29 is 14.0 Å². The summed E-state index contributed by atoms with van der Waals surface area (Å²) in [5.74, 6) is -1.41. The number of nitrogens with one attached hydrogen (secondary N) is 1. The number of anilines is 2. The monoisotopic (exact) mass is 452 g/mol. The molecule has 1 heterocycles. The average Bonchev–Trinajstić information content (AvgIpc) is 2.94. The highest BCUT2D eigenvalue weighted by molar-refractivity contribution is 8.04. The molecule has 0 aliphatic carbocycles. The number of carbonyl (C=O) groups excluding carboxylic acids is 2. The molecule has 7 heteroatoms. The summed E-state index contributed by atoms with van der Waals surface area (Å²) in [6, 6.07) is 18.1. The van der Waals surface area contributed by atoms with Crippen LogP contribution in [0.25, 0.3) is 0 Å². The zero-order chi connectivity index (χ0) is 22.1. The van der Waals surface area contributed by atoms with Crippen LogP contribution >= 0.6 is 23.4 Å². The first-order chi connectivity index (χ1) is 14.8. The number of nitrogens with zero attached hydrogens (tertiary/aromatic N) is 1. The Kier molecular flexibility index (Phi) is 5.85. The summed E-state index contributed by atoms with van der Waals surface area (Å²) >= 11 is 7.15. The van der Waals surface area contributed by atoms with E-state index in [4.69, 9.17) is 11.6 Å². The molecule has 0 atom stereocenters. The second-order valence-electron chi connectivity index (χ2n) is 7.18. The largest absolute Gasteiger partial charge is 0.350 e. The van der Waals surface area contributed by atoms with Crippen LogP contribution in [0.3, 0.4) is 0 Å². The van der Waals surface area contributed by atoms with Gasteiger partial charge in [0.2, 0.25) is 0 Å². The molecule has 156 valence electrons. The van der Waals surface area contributed by atoms with Crippen LogP contribution in [-0.4, -0.2) is 11.8 Å². The molecule has 31 heavy (non-hydrogen) atoms. The van der Waals surface area contributed by atoms with Crippen molar-refractivity contribution in [3.63, 3.8) is 0 Å². The molecule has 1 aliphatic rings. The van der Waals surface area contributed by atoms with Gasteiger partial charge in [-0.2, -0.15) is 0 Å². The first-order valence-electron chi connectivity index (χ1n) is 9.49. The molecule has 2 amide bonds.